The van der Waals surface area contributed by atoms with Crippen molar-refractivity contribution < 1.29 is 9.26 Å². The molecule has 2 heterocycles. The Balaban J connectivity index is 1.89. The van der Waals surface area contributed by atoms with Crippen molar-refractivity contribution in [1.29, 1.82) is 0 Å². The van der Waals surface area contributed by atoms with Crippen LogP contribution in [0.3, 0.4) is 0 Å². The van der Waals surface area contributed by atoms with Gasteiger partial charge in [-0.25, -0.2) is 0 Å². The third-order valence-corrected chi connectivity index (χ3v) is 3.23. The van der Waals surface area contributed by atoms with Crippen LogP contribution in [0.15, 0.2) is 4.52 Å². The summed E-state index contributed by atoms with van der Waals surface area (Å²) in [5, 5.41) is 3.95. The van der Waals surface area contributed by atoms with Gasteiger partial charge in [0.15, 0.2) is 5.82 Å². The molecule has 2 rings (SSSR count). The number of hydrogen-bond donors (Lipinski definition) is 0. The molecule has 1 aliphatic rings. The first-order chi connectivity index (χ1) is 8.28. The zero-order chi connectivity index (χ0) is 12.1. The van der Waals surface area contributed by atoms with Gasteiger partial charge in [0.05, 0.1) is 18.4 Å². The van der Waals surface area contributed by atoms with E-state index < -0.39 is 0 Å². The van der Waals surface area contributed by atoms with E-state index in [-0.39, 0.29) is 6.10 Å². The summed E-state index contributed by atoms with van der Waals surface area (Å²) in [6, 6.07) is 0. The molecule has 0 unspecified atom stereocenters. The van der Waals surface area contributed by atoms with Crippen LogP contribution in [0.4, 0.5) is 0 Å². The van der Waals surface area contributed by atoms with Gasteiger partial charge in [0.1, 0.15) is 0 Å². The van der Waals surface area contributed by atoms with E-state index in [1.807, 2.05) is 6.26 Å². The second-order valence-electron chi connectivity index (χ2n) is 4.31. The predicted octanol–water partition coefficient (Wildman–Crippen LogP) is 1.54. The number of ether oxygens (including phenoxy) is 1. The van der Waals surface area contributed by atoms with Crippen molar-refractivity contribution in [2.45, 2.75) is 31.7 Å². The first-order valence-corrected chi connectivity index (χ1v) is 7.31. The maximum atomic E-state index is 5.60. The maximum Gasteiger partial charge on any atom is 0.240 e. The first kappa shape index (κ1) is 12.9. The third kappa shape index (κ3) is 3.97. The molecule has 17 heavy (non-hydrogen) atoms. The van der Waals surface area contributed by atoms with Crippen LogP contribution >= 0.6 is 11.8 Å². The molecule has 1 aromatic rings. The molecular weight excluding hydrogens is 238 g/mol. The monoisotopic (exact) mass is 257 g/mol. The van der Waals surface area contributed by atoms with E-state index in [1.54, 1.807) is 11.8 Å². The Morgan fingerprint density at radius 3 is 3.24 bits per heavy atom. The minimum absolute atomic E-state index is 0.283. The molecule has 0 N–H and O–H groups in total. The van der Waals surface area contributed by atoms with E-state index in [9.17, 15) is 0 Å². The maximum absolute atomic E-state index is 5.60. The van der Waals surface area contributed by atoms with Gasteiger partial charge < -0.3 is 9.26 Å². The molecule has 0 amide bonds. The topological polar surface area (TPSA) is 51.4 Å². The Morgan fingerprint density at radius 2 is 2.41 bits per heavy atom. The standard InChI is InChI=1S/C11H19N3O2S/c1-9-6-14(4-3-5-15-9)7-11-12-10(8-17-2)13-16-11/h9H,3-8H2,1-2H3/t9-/m1/s1. The molecule has 0 radical (unpaired) electrons. The lowest BCUT2D eigenvalue weighted by Gasteiger charge is -2.19. The average molecular weight is 257 g/mol. The first-order valence-electron chi connectivity index (χ1n) is 5.92. The van der Waals surface area contributed by atoms with Crippen LogP contribution in [0.25, 0.3) is 0 Å². The molecule has 1 saturated heterocycles. The van der Waals surface area contributed by atoms with E-state index in [1.165, 1.54) is 0 Å². The van der Waals surface area contributed by atoms with Gasteiger partial charge in [-0.2, -0.15) is 16.7 Å². The lowest BCUT2D eigenvalue weighted by molar-refractivity contribution is 0.0653. The minimum Gasteiger partial charge on any atom is -0.377 e. The number of aromatic nitrogens is 2. The lowest BCUT2D eigenvalue weighted by Crippen LogP contribution is -2.29. The number of nitrogens with zero attached hydrogens (tertiary/aromatic N) is 3. The summed E-state index contributed by atoms with van der Waals surface area (Å²) in [7, 11) is 0. The van der Waals surface area contributed by atoms with Gasteiger partial charge in [-0.1, -0.05) is 5.16 Å². The van der Waals surface area contributed by atoms with Crippen molar-refractivity contribution in [3.63, 3.8) is 0 Å². The fourth-order valence-electron chi connectivity index (χ4n) is 1.96. The molecule has 1 aliphatic heterocycles. The van der Waals surface area contributed by atoms with Crippen molar-refractivity contribution >= 4 is 11.8 Å². The lowest BCUT2D eigenvalue weighted by atomic mass is 10.3. The van der Waals surface area contributed by atoms with Crippen molar-refractivity contribution in [2.75, 3.05) is 26.0 Å². The van der Waals surface area contributed by atoms with Crippen LogP contribution in [-0.4, -0.2) is 47.1 Å². The SMILES string of the molecule is CSCc1noc(CN2CCCO[C@H](C)C2)n1. The van der Waals surface area contributed by atoms with Gasteiger partial charge in [-0.15, -0.1) is 0 Å². The highest BCUT2D eigenvalue weighted by molar-refractivity contribution is 7.97. The van der Waals surface area contributed by atoms with Crippen molar-refractivity contribution in [1.82, 2.24) is 15.0 Å². The Labute approximate surface area is 106 Å². The summed E-state index contributed by atoms with van der Waals surface area (Å²) in [6.45, 7) is 5.64. The zero-order valence-corrected chi connectivity index (χ0v) is 11.2. The molecule has 6 heteroatoms. The van der Waals surface area contributed by atoms with Gasteiger partial charge >= 0.3 is 0 Å². The summed E-state index contributed by atoms with van der Waals surface area (Å²) in [5.74, 6) is 2.30. The van der Waals surface area contributed by atoms with Crippen LogP contribution in [0.2, 0.25) is 0 Å². The van der Waals surface area contributed by atoms with E-state index in [0.29, 0.717) is 5.89 Å². The summed E-state index contributed by atoms with van der Waals surface area (Å²) in [6.07, 6.45) is 3.38. The molecule has 96 valence electrons. The Hall–Kier alpha value is -0.590. The van der Waals surface area contributed by atoms with E-state index in [0.717, 1.165) is 44.2 Å². The molecule has 1 atom stereocenters. The fraction of sp³-hybridized carbons (Fsp3) is 0.818. The minimum atomic E-state index is 0.283. The van der Waals surface area contributed by atoms with Crippen LogP contribution in [-0.2, 0) is 17.0 Å². The molecule has 0 aromatic carbocycles. The molecule has 0 aliphatic carbocycles. The van der Waals surface area contributed by atoms with Gasteiger partial charge in [0, 0.05) is 19.7 Å². The normalized spacial score (nSPS) is 22.6. The van der Waals surface area contributed by atoms with Crippen molar-refractivity contribution in [3.8, 4) is 0 Å². The quantitative estimate of drug-likeness (QED) is 0.815. The zero-order valence-electron chi connectivity index (χ0n) is 10.4. The van der Waals surface area contributed by atoms with Gasteiger partial charge in [0.2, 0.25) is 5.89 Å². The molecular formula is C11H19N3O2S. The van der Waals surface area contributed by atoms with E-state index in [4.69, 9.17) is 9.26 Å². The second kappa shape index (κ2) is 6.37. The number of thioether (sulfide) groups is 1. The summed E-state index contributed by atoms with van der Waals surface area (Å²) in [5.41, 5.74) is 0. The molecule has 5 nitrogen and oxygen atoms in total. The highest BCUT2D eigenvalue weighted by atomic mass is 32.2. The average Bonchev–Trinajstić information content (AvgIpc) is 2.62. The van der Waals surface area contributed by atoms with Crippen molar-refractivity contribution in [3.05, 3.63) is 11.7 Å². The highest BCUT2D eigenvalue weighted by Crippen LogP contribution is 2.11. The third-order valence-electron chi connectivity index (χ3n) is 2.68. The Kier molecular flexibility index (Phi) is 4.82. The Bertz CT molecular complexity index is 345. The Morgan fingerprint density at radius 1 is 1.53 bits per heavy atom. The van der Waals surface area contributed by atoms with Crippen LogP contribution in [0.1, 0.15) is 25.1 Å². The largest absolute Gasteiger partial charge is 0.377 e. The van der Waals surface area contributed by atoms with Crippen LogP contribution < -0.4 is 0 Å². The summed E-state index contributed by atoms with van der Waals surface area (Å²) in [4.78, 5) is 6.68. The highest BCUT2D eigenvalue weighted by Gasteiger charge is 2.17. The number of rotatable bonds is 4. The molecule has 0 spiro atoms. The second-order valence-corrected chi connectivity index (χ2v) is 5.17. The van der Waals surface area contributed by atoms with Gasteiger partial charge in [-0.05, 0) is 19.6 Å². The molecule has 0 bridgehead atoms. The van der Waals surface area contributed by atoms with Gasteiger partial charge in [-0.3, -0.25) is 4.90 Å². The number of hydrogen-bond acceptors (Lipinski definition) is 6. The predicted molar refractivity (Wildman–Crippen MR) is 66.8 cm³/mol. The smallest absolute Gasteiger partial charge is 0.240 e. The molecule has 1 fully saturated rings. The van der Waals surface area contributed by atoms with Crippen molar-refractivity contribution in [2.24, 2.45) is 0 Å². The van der Waals surface area contributed by atoms with Crippen LogP contribution in [0.5, 0.6) is 0 Å². The summed E-state index contributed by atoms with van der Waals surface area (Å²) >= 11 is 1.70. The van der Waals surface area contributed by atoms with Crippen LogP contribution in [0, 0.1) is 0 Å². The van der Waals surface area contributed by atoms with E-state index >= 15 is 0 Å². The summed E-state index contributed by atoms with van der Waals surface area (Å²) < 4.78 is 10.8. The van der Waals surface area contributed by atoms with Gasteiger partial charge in [0.25, 0.3) is 0 Å². The molecule has 0 saturated carbocycles. The fourth-order valence-corrected chi connectivity index (χ4v) is 2.33. The van der Waals surface area contributed by atoms with E-state index in [2.05, 4.69) is 22.0 Å². The molecule has 1 aromatic heterocycles.